The second kappa shape index (κ2) is 15.1. The third kappa shape index (κ3) is 10.4. The highest BCUT2D eigenvalue weighted by molar-refractivity contribution is 8.00. The number of carboxylic acids is 1. The lowest BCUT2D eigenvalue weighted by atomic mass is 10.00. The molecule has 246 valence electrons. The van der Waals surface area contributed by atoms with Gasteiger partial charge in [-0.1, -0.05) is 66.8 Å². The van der Waals surface area contributed by atoms with Crippen molar-refractivity contribution in [3.05, 3.63) is 131 Å². The molecule has 0 radical (unpaired) electrons. The summed E-state index contributed by atoms with van der Waals surface area (Å²) in [5.41, 5.74) is 2.29. The molecule has 12 heteroatoms. The van der Waals surface area contributed by atoms with E-state index in [0.29, 0.717) is 34.6 Å². The summed E-state index contributed by atoms with van der Waals surface area (Å²) in [6.07, 6.45) is -6.47. The third-order valence-electron chi connectivity index (χ3n) is 6.92. The Balaban J connectivity index is 1.56. The minimum absolute atomic E-state index is 0.192. The van der Waals surface area contributed by atoms with Crippen molar-refractivity contribution in [1.29, 1.82) is 0 Å². The molecule has 0 amide bonds. The van der Waals surface area contributed by atoms with Gasteiger partial charge in [-0.05, 0) is 85.0 Å². The van der Waals surface area contributed by atoms with Crippen LogP contribution in [-0.4, -0.2) is 27.9 Å². The van der Waals surface area contributed by atoms with Gasteiger partial charge in [-0.2, -0.15) is 26.3 Å². The Morgan fingerprint density at radius 3 is 2.15 bits per heavy atom. The van der Waals surface area contributed by atoms with Crippen molar-refractivity contribution in [3.63, 3.8) is 0 Å². The molecule has 2 N–H and O–H groups in total. The number of nitrogens with one attached hydrogen (secondary N) is 1. The van der Waals surface area contributed by atoms with Crippen LogP contribution in [0.15, 0.2) is 108 Å². The zero-order valence-electron chi connectivity index (χ0n) is 25.1. The van der Waals surface area contributed by atoms with Crippen LogP contribution in [0.25, 0.3) is 11.1 Å². The fraction of sp³-hybridized carbons (Fsp3) is 0.200. The van der Waals surface area contributed by atoms with Gasteiger partial charge in [-0.15, -0.1) is 11.8 Å². The number of allylic oxidation sites excluding steroid dienone is 1. The zero-order chi connectivity index (χ0) is 34.4. The normalized spacial score (nSPS) is 12.8. The number of carbonyl (C=O) groups is 1. The molecule has 0 saturated heterocycles. The van der Waals surface area contributed by atoms with E-state index in [0.717, 1.165) is 40.3 Å². The van der Waals surface area contributed by atoms with Gasteiger partial charge in [0.1, 0.15) is 10.7 Å². The summed E-state index contributed by atoms with van der Waals surface area (Å²) >= 11 is 6.96. The van der Waals surface area contributed by atoms with Crippen molar-refractivity contribution in [2.75, 3.05) is 6.61 Å². The maximum absolute atomic E-state index is 13.2. The number of alkyl halides is 6. The quantitative estimate of drug-likeness (QED) is 0.0930. The first-order chi connectivity index (χ1) is 22.1. The van der Waals surface area contributed by atoms with Crippen LogP contribution in [-0.2, 0) is 23.6 Å². The van der Waals surface area contributed by atoms with Crippen LogP contribution in [0.1, 0.15) is 34.7 Å². The Hall–Kier alpha value is -4.29. The average molecular weight is 690 g/mol. The molecule has 1 unspecified atom stereocenters. The van der Waals surface area contributed by atoms with E-state index < -0.39 is 36.1 Å². The fourth-order valence-corrected chi connectivity index (χ4v) is 6.22. The first-order valence-electron chi connectivity index (χ1n) is 14.1. The number of halogens is 6. The molecule has 0 bridgehead atoms. The predicted octanol–water partition coefficient (Wildman–Crippen LogP) is 9.74. The van der Waals surface area contributed by atoms with E-state index in [4.69, 9.17) is 22.1 Å². The largest absolute Gasteiger partial charge is 0.482 e. The van der Waals surface area contributed by atoms with Crippen LogP contribution in [0.5, 0.6) is 5.75 Å². The first-order valence-corrected chi connectivity index (χ1v) is 15.4. The summed E-state index contributed by atoms with van der Waals surface area (Å²) in [5, 5.41) is 11.8. The Morgan fingerprint density at radius 2 is 1.55 bits per heavy atom. The Morgan fingerprint density at radius 1 is 0.894 bits per heavy atom. The molecule has 0 aliphatic heterocycles. The molecule has 0 spiro atoms. The summed E-state index contributed by atoms with van der Waals surface area (Å²) < 4.78 is 84.0. The van der Waals surface area contributed by atoms with Crippen LogP contribution >= 0.6 is 24.0 Å². The van der Waals surface area contributed by atoms with Crippen molar-refractivity contribution in [2.24, 2.45) is 0 Å². The molecule has 4 aromatic rings. The summed E-state index contributed by atoms with van der Waals surface area (Å²) in [6, 6.07) is 22.3. The first kappa shape index (κ1) is 35.6. The van der Waals surface area contributed by atoms with Gasteiger partial charge in [0.25, 0.3) is 0 Å². The number of aliphatic carboxylic acids is 1. The Bertz CT molecular complexity index is 1750. The van der Waals surface area contributed by atoms with E-state index >= 15 is 0 Å². The molecule has 0 heterocycles. The van der Waals surface area contributed by atoms with Crippen LogP contribution < -0.4 is 10.1 Å². The Kier molecular flexibility index (Phi) is 11.4. The van der Waals surface area contributed by atoms with Crippen molar-refractivity contribution in [3.8, 4) is 16.9 Å². The minimum Gasteiger partial charge on any atom is -0.482 e. The molecule has 0 aromatic heterocycles. The molecule has 47 heavy (non-hydrogen) atoms. The van der Waals surface area contributed by atoms with Gasteiger partial charge < -0.3 is 15.2 Å². The summed E-state index contributed by atoms with van der Waals surface area (Å²) in [6.45, 7) is 3.11. The van der Waals surface area contributed by atoms with E-state index in [1.165, 1.54) is 30.0 Å². The lowest BCUT2D eigenvalue weighted by Crippen LogP contribution is -2.21. The Labute approximate surface area is 277 Å². The van der Waals surface area contributed by atoms with E-state index in [2.05, 4.69) is 5.32 Å². The molecule has 0 saturated carbocycles. The van der Waals surface area contributed by atoms with Crippen LogP contribution in [0.2, 0.25) is 0 Å². The number of thioether (sulfide) groups is 1. The molecule has 1 atom stereocenters. The highest BCUT2D eigenvalue weighted by Gasteiger charge is 2.31. The minimum atomic E-state index is -4.46. The molecule has 0 aliphatic carbocycles. The highest BCUT2D eigenvalue weighted by atomic mass is 32.2. The number of ether oxygens (including phenoxy) is 1. The van der Waals surface area contributed by atoms with E-state index in [1.54, 1.807) is 38.1 Å². The van der Waals surface area contributed by atoms with Gasteiger partial charge in [0.15, 0.2) is 6.61 Å². The molecule has 4 aromatic carbocycles. The van der Waals surface area contributed by atoms with Gasteiger partial charge in [0.2, 0.25) is 0 Å². The van der Waals surface area contributed by atoms with Crippen molar-refractivity contribution in [1.82, 2.24) is 5.32 Å². The molecular weight excluding hydrogens is 661 g/mol. The topological polar surface area (TPSA) is 58.6 Å². The van der Waals surface area contributed by atoms with Gasteiger partial charge >= 0.3 is 18.3 Å². The van der Waals surface area contributed by atoms with E-state index in [9.17, 15) is 31.1 Å². The second-order valence-corrected chi connectivity index (χ2v) is 12.3. The number of rotatable bonds is 11. The lowest BCUT2D eigenvalue weighted by molar-refractivity contribution is -0.139. The zero-order valence-corrected chi connectivity index (χ0v) is 26.7. The van der Waals surface area contributed by atoms with Crippen LogP contribution in [0, 0.1) is 6.92 Å². The summed E-state index contributed by atoms with van der Waals surface area (Å²) in [4.78, 5) is 12.0. The lowest BCUT2D eigenvalue weighted by Gasteiger charge is -2.17. The van der Waals surface area contributed by atoms with E-state index in [-0.39, 0.29) is 10.2 Å². The number of aryl methyl sites for hydroxylation is 1. The maximum Gasteiger partial charge on any atom is 0.416 e. The third-order valence-corrected chi connectivity index (χ3v) is 8.39. The van der Waals surface area contributed by atoms with Crippen LogP contribution in [0.4, 0.5) is 26.3 Å². The summed E-state index contributed by atoms with van der Waals surface area (Å²) in [5.74, 6) is -0.655. The SMILES string of the molecule is C/C(=C\C(Cc1ccc(-c2cccc(C(F)(F)F)c2)cc1)Sc1ccc(OCC(=O)O)c(C)c1)NC(=S)c1ccc(C(F)(F)F)cc1. The van der Waals surface area contributed by atoms with Gasteiger partial charge in [-0.3, -0.25) is 0 Å². The number of thiocarbonyl (C=S) groups is 1. The smallest absolute Gasteiger partial charge is 0.416 e. The number of carboxylic acid groups (broad SMARTS) is 1. The molecular formula is C35H29F6NO3S2. The van der Waals surface area contributed by atoms with Gasteiger partial charge in [0.05, 0.1) is 11.1 Å². The average Bonchev–Trinajstić information content (AvgIpc) is 3.00. The molecule has 4 rings (SSSR count). The predicted molar refractivity (Wildman–Crippen MR) is 175 cm³/mol. The number of hydrogen-bond donors (Lipinski definition) is 2. The molecule has 0 fully saturated rings. The fourth-order valence-electron chi connectivity index (χ4n) is 4.63. The number of hydrogen-bond acceptors (Lipinski definition) is 4. The van der Waals surface area contributed by atoms with Crippen molar-refractivity contribution in [2.45, 2.75) is 42.8 Å². The maximum atomic E-state index is 13.2. The van der Waals surface area contributed by atoms with E-state index in [1.807, 2.05) is 30.3 Å². The molecule has 4 nitrogen and oxygen atoms in total. The number of benzene rings is 4. The second-order valence-electron chi connectivity index (χ2n) is 10.6. The van der Waals surface area contributed by atoms with Gasteiger partial charge in [-0.25, -0.2) is 4.79 Å². The molecule has 0 aliphatic rings. The summed E-state index contributed by atoms with van der Waals surface area (Å²) in [7, 11) is 0. The standard InChI is InChI=1S/C35H29F6NO3S2/c1-21-16-29(14-15-31(21)45-20-32(43)44)47-30(17-22(2)42-33(46)25-10-12-27(13-11-25)34(36,37)38)18-23-6-8-24(9-7-23)26-4-3-5-28(19-26)35(39,40)41/h3-17,19,30H,18,20H2,1-2H3,(H,42,46)(H,43,44)/b22-17+. The van der Waals surface area contributed by atoms with Crippen molar-refractivity contribution < 1.29 is 41.0 Å². The van der Waals surface area contributed by atoms with Crippen molar-refractivity contribution >= 4 is 34.9 Å². The van der Waals surface area contributed by atoms with Crippen LogP contribution in [0.3, 0.4) is 0 Å². The van der Waals surface area contributed by atoms with Gasteiger partial charge in [0, 0.05) is 21.4 Å². The monoisotopic (exact) mass is 689 g/mol. The highest BCUT2D eigenvalue weighted by Crippen LogP contribution is 2.34.